The quantitative estimate of drug-likeness (QED) is 0.521. The van der Waals surface area contributed by atoms with Gasteiger partial charge in [-0.25, -0.2) is 0 Å². The van der Waals surface area contributed by atoms with Crippen LogP contribution in [-0.4, -0.2) is 26.8 Å². The molecule has 5 heteroatoms. The Balaban J connectivity index is 1.80. The number of hydrogen-bond donors (Lipinski definition) is 1. The third kappa shape index (κ3) is 5.61. The molecule has 1 heterocycles. The van der Waals surface area contributed by atoms with Gasteiger partial charge in [-0.3, -0.25) is 0 Å². The summed E-state index contributed by atoms with van der Waals surface area (Å²) in [5.41, 5.74) is 0.572. The first-order valence-corrected chi connectivity index (χ1v) is 10.2. The van der Waals surface area contributed by atoms with E-state index in [1.54, 1.807) is 7.11 Å². The van der Waals surface area contributed by atoms with E-state index in [9.17, 15) is 0 Å². The Hall–Kier alpha value is 0.580. The highest BCUT2D eigenvalue weighted by Crippen LogP contribution is 2.45. The van der Waals surface area contributed by atoms with Crippen LogP contribution in [0.4, 0.5) is 0 Å². The molecule has 1 aromatic heterocycles. The van der Waals surface area contributed by atoms with Gasteiger partial charge in [0.25, 0.3) is 0 Å². The first-order valence-electron chi connectivity index (χ1n) is 7.79. The van der Waals surface area contributed by atoms with Crippen LogP contribution < -0.4 is 5.32 Å². The van der Waals surface area contributed by atoms with E-state index in [0.717, 1.165) is 19.7 Å². The highest BCUT2D eigenvalue weighted by Gasteiger charge is 2.32. The topological polar surface area (TPSA) is 21.3 Å². The molecule has 1 fully saturated rings. The van der Waals surface area contributed by atoms with Crippen LogP contribution in [0.5, 0.6) is 0 Å². The molecule has 0 unspecified atom stereocenters. The monoisotopic (exact) mass is 437 g/mol. The van der Waals surface area contributed by atoms with Crippen molar-refractivity contribution in [1.82, 2.24) is 5.32 Å². The Kier molecular flexibility index (Phi) is 7.70. The van der Waals surface area contributed by atoms with Gasteiger partial charge in [-0.2, -0.15) is 0 Å². The van der Waals surface area contributed by atoms with Crippen molar-refractivity contribution in [2.75, 3.05) is 26.8 Å². The summed E-state index contributed by atoms with van der Waals surface area (Å²) in [6.07, 6.45) is 9.50. The Labute approximate surface area is 149 Å². The molecule has 1 aliphatic rings. The molecule has 2 nitrogen and oxygen atoms in total. The summed E-state index contributed by atoms with van der Waals surface area (Å²) in [5.74, 6) is 0. The zero-order chi connectivity index (χ0) is 15.1. The fraction of sp³-hybridized carbons (Fsp3) is 0.750. The lowest BCUT2D eigenvalue weighted by molar-refractivity contribution is 0.194. The zero-order valence-electron chi connectivity index (χ0n) is 12.7. The number of thiophene rings is 1. The number of halogens is 2. The molecule has 1 N–H and O–H groups in total. The molecule has 0 aromatic carbocycles. The van der Waals surface area contributed by atoms with Crippen molar-refractivity contribution in [3.8, 4) is 0 Å². The van der Waals surface area contributed by atoms with Crippen molar-refractivity contribution >= 4 is 43.2 Å². The average molecular weight is 439 g/mol. The van der Waals surface area contributed by atoms with Gasteiger partial charge >= 0.3 is 0 Å². The summed E-state index contributed by atoms with van der Waals surface area (Å²) in [6, 6.07) is 2.27. The molecule has 21 heavy (non-hydrogen) atoms. The van der Waals surface area contributed by atoms with E-state index >= 15 is 0 Å². The summed E-state index contributed by atoms with van der Waals surface area (Å²) in [7, 11) is 1.76. The molecule has 2 rings (SSSR count). The predicted octanol–water partition coefficient (Wildman–Crippen LogP) is 5.39. The van der Waals surface area contributed by atoms with Crippen molar-refractivity contribution in [3.05, 3.63) is 19.2 Å². The molecule has 0 radical (unpaired) electrons. The van der Waals surface area contributed by atoms with E-state index in [-0.39, 0.29) is 0 Å². The Bertz CT molecular complexity index is 410. The van der Waals surface area contributed by atoms with Crippen LogP contribution >= 0.6 is 43.2 Å². The summed E-state index contributed by atoms with van der Waals surface area (Å²) in [4.78, 5) is 1.49. The lowest BCUT2D eigenvalue weighted by atomic mass is 9.78. The van der Waals surface area contributed by atoms with Crippen LogP contribution in [-0.2, 0) is 11.2 Å². The minimum absolute atomic E-state index is 0.572. The van der Waals surface area contributed by atoms with E-state index in [4.69, 9.17) is 4.74 Å². The third-order valence-electron chi connectivity index (χ3n) is 4.58. The van der Waals surface area contributed by atoms with Gasteiger partial charge in [0.2, 0.25) is 0 Å². The van der Waals surface area contributed by atoms with Crippen molar-refractivity contribution < 1.29 is 4.74 Å². The molecule has 1 aliphatic carbocycles. The summed E-state index contributed by atoms with van der Waals surface area (Å²) >= 11 is 9.06. The first kappa shape index (κ1) is 17.9. The maximum Gasteiger partial charge on any atom is 0.0843 e. The third-order valence-corrected chi connectivity index (χ3v) is 7.89. The van der Waals surface area contributed by atoms with E-state index in [2.05, 4.69) is 43.2 Å². The fourth-order valence-corrected chi connectivity index (χ4v) is 5.48. The molecule has 0 aliphatic heterocycles. The molecule has 120 valence electrons. The number of nitrogens with one attached hydrogen (secondary N) is 1. The van der Waals surface area contributed by atoms with Crippen LogP contribution in [0.1, 0.15) is 43.4 Å². The van der Waals surface area contributed by atoms with Crippen molar-refractivity contribution in [3.63, 3.8) is 0 Å². The molecule has 0 bridgehead atoms. The van der Waals surface area contributed by atoms with Gasteiger partial charge in [-0.05, 0) is 82.0 Å². The number of hydrogen-bond acceptors (Lipinski definition) is 3. The van der Waals surface area contributed by atoms with Gasteiger partial charge in [-0.1, -0.05) is 12.8 Å². The minimum Gasteiger partial charge on any atom is -0.383 e. The largest absolute Gasteiger partial charge is 0.383 e. The molecular weight excluding hydrogens is 414 g/mol. The zero-order valence-corrected chi connectivity index (χ0v) is 16.7. The van der Waals surface area contributed by atoms with Crippen LogP contribution in [0, 0.1) is 5.41 Å². The van der Waals surface area contributed by atoms with Crippen LogP contribution in [0.15, 0.2) is 14.3 Å². The molecular formula is C16H25Br2NOS. The lowest BCUT2D eigenvalue weighted by Crippen LogP contribution is -2.27. The first-order chi connectivity index (χ1) is 10.2. The van der Waals surface area contributed by atoms with Gasteiger partial charge in [-0.15, -0.1) is 11.3 Å². The molecule has 0 spiro atoms. The molecule has 0 saturated heterocycles. The summed E-state index contributed by atoms with van der Waals surface area (Å²) in [5, 5.41) is 3.51. The standard InChI is InChI=1S/C16H25Br2NOS/c1-20-11-10-19-9-8-16(5-2-3-6-16)7-4-13-12-14(17)15(18)21-13/h12,19H,2-11H2,1H3. The highest BCUT2D eigenvalue weighted by atomic mass is 79.9. The van der Waals surface area contributed by atoms with Crippen LogP contribution in [0.3, 0.4) is 0 Å². The Morgan fingerprint density at radius 2 is 2.00 bits per heavy atom. The van der Waals surface area contributed by atoms with E-state index in [0.29, 0.717) is 5.41 Å². The maximum atomic E-state index is 5.09. The van der Waals surface area contributed by atoms with Crippen molar-refractivity contribution in [2.45, 2.75) is 44.9 Å². The molecule has 1 aromatic rings. The van der Waals surface area contributed by atoms with Crippen LogP contribution in [0.25, 0.3) is 0 Å². The molecule has 0 atom stereocenters. The summed E-state index contributed by atoms with van der Waals surface area (Å²) in [6.45, 7) is 2.91. The van der Waals surface area contributed by atoms with Gasteiger partial charge in [0.15, 0.2) is 0 Å². The Morgan fingerprint density at radius 1 is 1.24 bits per heavy atom. The average Bonchev–Trinajstić information content (AvgIpc) is 3.05. The number of ether oxygens (including phenoxy) is 1. The van der Waals surface area contributed by atoms with E-state index < -0.39 is 0 Å². The van der Waals surface area contributed by atoms with Crippen molar-refractivity contribution in [1.29, 1.82) is 0 Å². The molecule has 0 amide bonds. The summed E-state index contributed by atoms with van der Waals surface area (Å²) < 4.78 is 7.51. The van der Waals surface area contributed by atoms with Crippen LogP contribution in [0.2, 0.25) is 0 Å². The number of rotatable bonds is 9. The lowest BCUT2D eigenvalue weighted by Gasteiger charge is -2.29. The smallest absolute Gasteiger partial charge is 0.0843 e. The predicted molar refractivity (Wildman–Crippen MR) is 98.3 cm³/mol. The second-order valence-corrected chi connectivity index (χ2v) is 9.34. The van der Waals surface area contributed by atoms with Crippen molar-refractivity contribution in [2.24, 2.45) is 5.41 Å². The van der Waals surface area contributed by atoms with Gasteiger partial charge in [0, 0.05) is 23.0 Å². The second kappa shape index (κ2) is 9.02. The normalized spacial score (nSPS) is 17.5. The molecule has 1 saturated carbocycles. The minimum atomic E-state index is 0.572. The number of methoxy groups -OCH3 is 1. The van der Waals surface area contributed by atoms with E-state index in [1.165, 1.54) is 58.1 Å². The fourth-order valence-electron chi connectivity index (χ4n) is 3.31. The van der Waals surface area contributed by atoms with Gasteiger partial charge in [0.05, 0.1) is 10.4 Å². The second-order valence-electron chi connectivity index (χ2n) is 6.03. The highest BCUT2D eigenvalue weighted by molar-refractivity contribution is 9.13. The number of aryl methyl sites for hydroxylation is 1. The maximum absolute atomic E-state index is 5.09. The van der Waals surface area contributed by atoms with Gasteiger partial charge < -0.3 is 10.1 Å². The van der Waals surface area contributed by atoms with E-state index in [1.807, 2.05) is 11.3 Å². The Morgan fingerprint density at radius 3 is 2.62 bits per heavy atom. The SMILES string of the molecule is COCCNCCC1(CCc2cc(Br)c(Br)s2)CCCC1. The van der Waals surface area contributed by atoms with Gasteiger partial charge in [0.1, 0.15) is 0 Å².